The first-order chi connectivity index (χ1) is 15.6. The van der Waals surface area contributed by atoms with Gasteiger partial charge in [0.05, 0.1) is 13.3 Å². The van der Waals surface area contributed by atoms with Crippen molar-refractivity contribution in [2.24, 2.45) is 5.10 Å². The molecule has 0 saturated carbocycles. The molecule has 1 heterocycles. The minimum Gasteiger partial charge on any atom is -0.496 e. The second kappa shape index (κ2) is 9.96. The van der Waals surface area contributed by atoms with Crippen molar-refractivity contribution in [3.8, 4) is 17.2 Å². The fourth-order valence-corrected chi connectivity index (χ4v) is 3.55. The maximum absolute atomic E-state index is 14.4. The van der Waals surface area contributed by atoms with Crippen LogP contribution in [0.1, 0.15) is 28.8 Å². The van der Waals surface area contributed by atoms with Crippen LogP contribution in [0.2, 0.25) is 0 Å². The molecule has 0 unspecified atom stereocenters. The molecule has 7 heteroatoms. The lowest BCUT2D eigenvalue weighted by atomic mass is 10.2. The molecule has 3 aromatic carbocycles. The van der Waals surface area contributed by atoms with Gasteiger partial charge in [0.1, 0.15) is 11.5 Å². The van der Waals surface area contributed by atoms with Crippen LogP contribution in [-0.2, 0) is 0 Å². The first kappa shape index (κ1) is 21.4. The molecule has 32 heavy (non-hydrogen) atoms. The molecule has 1 aliphatic heterocycles. The molecule has 0 bridgehead atoms. The van der Waals surface area contributed by atoms with E-state index in [2.05, 4.69) is 15.4 Å². The molecule has 6 nitrogen and oxygen atoms in total. The number of hydrazone groups is 1. The van der Waals surface area contributed by atoms with Crippen molar-refractivity contribution >= 4 is 17.8 Å². The summed E-state index contributed by atoms with van der Waals surface area (Å²) in [4.78, 5) is 14.7. The number of hydrogen-bond donors (Lipinski definition) is 1. The van der Waals surface area contributed by atoms with E-state index in [-0.39, 0.29) is 17.4 Å². The molecular weight excluding hydrogens is 409 g/mol. The number of para-hydroxylation sites is 1. The van der Waals surface area contributed by atoms with Crippen LogP contribution >= 0.6 is 0 Å². The summed E-state index contributed by atoms with van der Waals surface area (Å²) in [6.45, 7) is 2.09. The summed E-state index contributed by atoms with van der Waals surface area (Å²) in [5.41, 5.74) is 4.58. The van der Waals surface area contributed by atoms with E-state index < -0.39 is 5.82 Å². The van der Waals surface area contributed by atoms with Crippen LogP contribution in [0.5, 0.6) is 17.2 Å². The largest absolute Gasteiger partial charge is 0.496 e. The van der Waals surface area contributed by atoms with E-state index in [1.54, 1.807) is 36.4 Å². The van der Waals surface area contributed by atoms with Crippen molar-refractivity contribution in [1.29, 1.82) is 0 Å². The van der Waals surface area contributed by atoms with Crippen molar-refractivity contribution in [2.75, 3.05) is 25.1 Å². The zero-order chi connectivity index (χ0) is 22.3. The highest BCUT2D eigenvalue weighted by Crippen LogP contribution is 2.30. The van der Waals surface area contributed by atoms with Crippen LogP contribution in [0.25, 0.3) is 0 Å². The molecule has 1 saturated heterocycles. The van der Waals surface area contributed by atoms with Gasteiger partial charge in [-0.2, -0.15) is 5.10 Å². The third-order valence-electron chi connectivity index (χ3n) is 5.23. The number of nitrogens with zero attached hydrogens (tertiary/aromatic N) is 2. The first-order valence-corrected chi connectivity index (χ1v) is 10.4. The minimum absolute atomic E-state index is 0.0299. The molecular formula is C25H24FN3O3. The summed E-state index contributed by atoms with van der Waals surface area (Å²) in [5, 5.41) is 4.01. The van der Waals surface area contributed by atoms with Gasteiger partial charge in [-0.1, -0.05) is 18.2 Å². The van der Waals surface area contributed by atoms with Crippen molar-refractivity contribution in [3.05, 3.63) is 83.7 Å². The molecule has 0 radical (unpaired) electrons. The maximum atomic E-state index is 14.4. The van der Waals surface area contributed by atoms with E-state index in [9.17, 15) is 9.18 Å². The number of carbonyl (C=O) groups excluding carboxylic acids is 1. The number of anilines is 1. The fourth-order valence-electron chi connectivity index (χ4n) is 3.55. The van der Waals surface area contributed by atoms with Crippen molar-refractivity contribution < 1.29 is 18.7 Å². The van der Waals surface area contributed by atoms with Gasteiger partial charge < -0.3 is 14.4 Å². The van der Waals surface area contributed by atoms with Gasteiger partial charge in [-0.25, -0.2) is 9.82 Å². The van der Waals surface area contributed by atoms with Crippen molar-refractivity contribution in [3.63, 3.8) is 0 Å². The van der Waals surface area contributed by atoms with E-state index in [1.807, 2.05) is 18.2 Å². The number of carbonyl (C=O) groups is 1. The fraction of sp³-hybridized carbons (Fsp3) is 0.200. The highest BCUT2D eigenvalue weighted by molar-refractivity contribution is 5.95. The Balaban J connectivity index is 1.44. The maximum Gasteiger partial charge on any atom is 0.271 e. The molecule has 0 spiro atoms. The summed E-state index contributed by atoms with van der Waals surface area (Å²) in [5.74, 6) is -0.0932. The van der Waals surface area contributed by atoms with Crippen LogP contribution in [0.4, 0.5) is 10.1 Å². The van der Waals surface area contributed by atoms with E-state index in [0.717, 1.165) is 18.8 Å². The molecule has 1 fully saturated rings. The number of methoxy groups -OCH3 is 1. The Kier molecular flexibility index (Phi) is 6.65. The van der Waals surface area contributed by atoms with Gasteiger partial charge in [-0.05, 0) is 55.3 Å². The summed E-state index contributed by atoms with van der Waals surface area (Å²) in [7, 11) is 1.43. The summed E-state index contributed by atoms with van der Waals surface area (Å²) >= 11 is 0. The number of nitrogens with one attached hydrogen (secondary N) is 1. The van der Waals surface area contributed by atoms with E-state index in [4.69, 9.17) is 9.47 Å². The normalized spacial score (nSPS) is 13.4. The van der Waals surface area contributed by atoms with E-state index in [1.165, 1.54) is 38.3 Å². The predicted octanol–water partition coefficient (Wildman–Crippen LogP) is 4.99. The van der Waals surface area contributed by atoms with Crippen LogP contribution in [-0.4, -0.2) is 32.3 Å². The average Bonchev–Trinajstić information content (AvgIpc) is 3.36. The average molecular weight is 433 g/mol. The Labute approximate surface area is 186 Å². The second-order valence-electron chi connectivity index (χ2n) is 7.38. The SMILES string of the molecule is COc1cc(F)c(Oc2ccccc2)cc1/C=N\NC(=O)c1ccc(N2CCCC2)cc1. The number of ether oxygens (including phenoxy) is 2. The van der Waals surface area contributed by atoms with Gasteiger partial charge in [0.2, 0.25) is 0 Å². The lowest BCUT2D eigenvalue weighted by Crippen LogP contribution is -2.19. The summed E-state index contributed by atoms with van der Waals surface area (Å²) < 4.78 is 25.2. The molecule has 0 aliphatic carbocycles. The Morgan fingerprint density at radius 1 is 1.03 bits per heavy atom. The van der Waals surface area contributed by atoms with Gasteiger partial charge in [-0.15, -0.1) is 0 Å². The number of benzene rings is 3. The third kappa shape index (κ3) is 5.06. The Morgan fingerprint density at radius 2 is 1.75 bits per heavy atom. The molecule has 4 rings (SSSR count). The van der Waals surface area contributed by atoms with Gasteiger partial charge in [-0.3, -0.25) is 4.79 Å². The Bertz CT molecular complexity index is 1100. The zero-order valence-corrected chi connectivity index (χ0v) is 17.8. The first-order valence-electron chi connectivity index (χ1n) is 10.4. The molecule has 0 atom stereocenters. The monoisotopic (exact) mass is 433 g/mol. The summed E-state index contributed by atoms with van der Waals surface area (Å²) in [6.07, 6.45) is 3.79. The van der Waals surface area contributed by atoms with Gasteiger partial charge in [0, 0.05) is 36.0 Å². The molecule has 164 valence electrons. The molecule has 1 amide bonds. The highest BCUT2D eigenvalue weighted by Gasteiger charge is 2.14. The Morgan fingerprint density at radius 3 is 2.44 bits per heavy atom. The number of rotatable bonds is 7. The topological polar surface area (TPSA) is 63.2 Å². The van der Waals surface area contributed by atoms with Crippen LogP contribution in [0.15, 0.2) is 71.8 Å². The quantitative estimate of drug-likeness (QED) is 0.421. The number of hydrogen-bond acceptors (Lipinski definition) is 5. The molecule has 1 aliphatic rings. The molecule has 3 aromatic rings. The van der Waals surface area contributed by atoms with Crippen molar-refractivity contribution in [2.45, 2.75) is 12.8 Å². The smallest absolute Gasteiger partial charge is 0.271 e. The van der Waals surface area contributed by atoms with Gasteiger partial charge in [0.25, 0.3) is 5.91 Å². The van der Waals surface area contributed by atoms with Crippen LogP contribution < -0.4 is 19.8 Å². The third-order valence-corrected chi connectivity index (χ3v) is 5.23. The molecule has 1 N–H and O–H groups in total. The summed E-state index contributed by atoms with van der Waals surface area (Å²) in [6, 6.07) is 19.0. The van der Waals surface area contributed by atoms with Crippen LogP contribution in [0.3, 0.4) is 0 Å². The predicted molar refractivity (Wildman–Crippen MR) is 122 cm³/mol. The van der Waals surface area contributed by atoms with Crippen LogP contribution in [0, 0.1) is 5.82 Å². The van der Waals surface area contributed by atoms with E-state index >= 15 is 0 Å². The number of amides is 1. The van der Waals surface area contributed by atoms with Gasteiger partial charge in [0.15, 0.2) is 11.6 Å². The standard InChI is InChI=1S/C25H24FN3O3/c1-31-23-16-22(26)24(32-21-7-3-2-4-8-21)15-19(23)17-27-28-25(30)18-9-11-20(12-10-18)29-13-5-6-14-29/h2-4,7-12,15-17H,5-6,13-14H2,1H3,(H,28,30)/b27-17-. The highest BCUT2D eigenvalue weighted by atomic mass is 19.1. The lowest BCUT2D eigenvalue weighted by molar-refractivity contribution is 0.0955. The second-order valence-corrected chi connectivity index (χ2v) is 7.38. The Hall–Kier alpha value is -3.87. The van der Waals surface area contributed by atoms with Crippen molar-refractivity contribution in [1.82, 2.24) is 5.43 Å². The van der Waals surface area contributed by atoms with E-state index in [0.29, 0.717) is 16.9 Å². The minimum atomic E-state index is -0.565. The molecule has 0 aromatic heterocycles. The number of halogens is 1. The lowest BCUT2D eigenvalue weighted by Gasteiger charge is -2.17. The van der Waals surface area contributed by atoms with Gasteiger partial charge >= 0.3 is 0 Å². The zero-order valence-electron chi connectivity index (χ0n) is 17.8.